The van der Waals surface area contributed by atoms with Gasteiger partial charge in [-0.05, 0) is 34.4 Å². The van der Waals surface area contributed by atoms with Crippen molar-refractivity contribution in [3.63, 3.8) is 0 Å². The van der Waals surface area contributed by atoms with Crippen molar-refractivity contribution in [2.45, 2.75) is 0 Å². The largest absolute Gasteiger partial charge is 0.289 e. The summed E-state index contributed by atoms with van der Waals surface area (Å²) in [6.45, 7) is 7.47. The maximum Gasteiger partial charge on any atom is 0.194 e. The third-order valence-electron chi connectivity index (χ3n) is 3.34. The van der Waals surface area contributed by atoms with E-state index in [4.69, 9.17) is 0 Å². The van der Waals surface area contributed by atoms with E-state index >= 15 is 0 Å². The number of ketones is 1. The van der Waals surface area contributed by atoms with Crippen molar-refractivity contribution in [1.82, 2.24) is 0 Å². The normalized spacial score (nSPS) is 11.9. The zero-order valence-corrected chi connectivity index (χ0v) is 9.94. The van der Waals surface area contributed by atoms with Crippen LogP contribution in [0.15, 0.2) is 49.6 Å². The van der Waals surface area contributed by atoms with E-state index in [1.807, 2.05) is 36.4 Å². The van der Waals surface area contributed by atoms with Crippen molar-refractivity contribution in [3.05, 3.63) is 71.8 Å². The molecule has 1 heteroatoms. The molecule has 1 aliphatic carbocycles. The first kappa shape index (κ1) is 10.7. The molecule has 0 radical (unpaired) electrons. The molecule has 1 nitrogen and oxygen atoms in total. The molecule has 1 aliphatic rings. The van der Waals surface area contributed by atoms with Crippen molar-refractivity contribution in [2.24, 2.45) is 0 Å². The SMILES string of the molecule is C=Cc1ccc2c(c1)C(=O)c1cc(C=C)ccc1-2. The van der Waals surface area contributed by atoms with Gasteiger partial charge in [-0.2, -0.15) is 0 Å². The van der Waals surface area contributed by atoms with Gasteiger partial charge in [-0.3, -0.25) is 4.79 Å². The van der Waals surface area contributed by atoms with Gasteiger partial charge in [0, 0.05) is 11.1 Å². The zero-order valence-electron chi connectivity index (χ0n) is 9.94. The minimum absolute atomic E-state index is 0.0902. The molecule has 0 spiro atoms. The summed E-state index contributed by atoms with van der Waals surface area (Å²) >= 11 is 0. The quantitative estimate of drug-likeness (QED) is 0.647. The average molecular weight is 232 g/mol. The number of fused-ring (bicyclic) bond motifs is 3. The van der Waals surface area contributed by atoms with Gasteiger partial charge in [0.25, 0.3) is 0 Å². The first-order chi connectivity index (χ1) is 8.74. The molecule has 0 amide bonds. The molecule has 0 bridgehead atoms. The Morgan fingerprint density at radius 2 is 1.17 bits per heavy atom. The van der Waals surface area contributed by atoms with E-state index in [0.29, 0.717) is 0 Å². The fourth-order valence-electron chi connectivity index (χ4n) is 2.37. The minimum atomic E-state index is 0.0902. The van der Waals surface area contributed by atoms with Crippen LogP contribution in [0.1, 0.15) is 27.0 Å². The van der Waals surface area contributed by atoms with Crippen LogP contribution in [-0.2, 0) is 0 Å². The number of rotatable bonds is 2. The van der Waals surface area contributed by atoms with Gasteiger partial charge >= 0.3 is 0 Å². The number of carbonyl (C=O) groups excluding carboxylic acids is 1. The van der Waals surface area contributed by atoms with E-state index in [1.54, 1.807) is 12.2 Å². The summed E-state index contributed by atoms with van der Waals surface area (Å²) in [5, 5.41) is 0. The number of hydrogen-bond donors (Lipinski definition) is 0. The second kappa shape index (κ2) is 3.81. The van der Waals surface area contributed by atoms with E-state index in [2.05, 4.69) is 13.2 Å². The summed E-state index contributed by atoms with van der Waals surface area (Å²) in [4.78, 5) is 12.4. The molecular weight excluding hydrogens is 220 g/mol. The lowest BCUT2D eigenvalue weighted by atomic mass is 10.0. The average Bonchev–Trinajstić information content (AvgIpc) is 2.71. The fraction of sp³-hybridized carbons (Fsp3) is 0. The van der Waals surface area contributed by atoms with Crippen molar-refractivity contribution >= 4 is 17.9 Å². The van der Waals surface area contributed by atoms with Crippen LogP contribution in [0.3, 0.4) is 0 Å². The molecule has 18 heavy (non-hydrogen) atoms. The molecule has 2 aromatic carbocycles. The highest BCUT2D eigenvalue weighted by molar-refractivity contribution is 6.22. The molecule has 0 N–H and O–H groups in total. The summed E-state index contributed by atoms with van der Waals surface area (Å²) in [7, 11) is 0. The van der Waals surface area contributed by atoms with Gasteiger partial charge in [-0.15, -0.1) is 0 Å². The van der Waals surface area contributed by atoms with Crippen LogP contribution in [-0.4, -0.2) is 5.78 Å². The predicted molar refractivity (Wildman–Crippen MR) is 75.5 cm³/mol. The lowest BCUT2D eigenvalue weighted by molar-refractivity contribution is 0.104. The second-order valence-electron chi connectivity index (χ2n) is 4.35. The molecule has 2 aromatic rings. The standard InChI is InChI=1S/C17H12O/c1-3-11-5-7-13-14-8-6-12(4-2)10-16(14)17(18)15(13)9-11/h3-10H,1-2H2. The molecule has 3 rings (SSSR count). The third-order valence-corrected chi connectivity index (χ3v) is 3.34. The highest BCUT2D eigenvalue weighted by atomic mass is 16.1. The first-order valence-corrected chi connectivity index (χ1v) is 5.82. The fourth-order valence-corrected chi connectivity index (χ4v) is 2.37. The van der Waals surface area contributed by atoms with E-state index < -0.39 is 0 Å². The van der Waals surface area contributed by atoms with Crippen molar-refractivity contribution in [3.8, 4) is 11.1 Å². The molecule has 86 valence electrons. The summed E-state index contributed by atoms with van der Waals surface area (Å²) in [6, 6.07) is 11.7. The Hall–Kier alpha value is -2.41. The van der Waals surface area contributed by atoms with Gasteiger partial charge in [0.2, 0.25) is 0 Å². The van der Waals surface area contributed by atoms with Gasteiger partial charge in [0.1, 0.15) is 0 Å². The van der Waals surface area contributed by atoms with Crippen molar-refractivity contribution in [1.29, 1.82) is 0 Å². The van der Waals surface area contributed by atoms with Crippen LogP contribution in [0.25, 0.3) is 23.3 Å². The van der Waals surface area contributed by atoms with Gasteiger partial charge in [0.15, 0.2) is 5.78 Å². The molecule has 0 heterocycles. The Balaban J connectivity index is 2.27. The Kier molecular flexibility index (Phi) is 2.27. The van der Waals surface area contributed by atoms with Gasteiger partial charge in [-0.25, -0.2) is 0 Å². The highest BCUT2D eigenvalue weighted by Crippen LogP contribution is 2.37. The zero-order chi connectivity index (χ0) is 12.7. The van der Waals surface area contributed by atoms with Crippen LogP contribution < -0.4 is 0 Å². The van der Waals surface area contributed by atoms with Gasteiger partial charge in [0.05, 0.1) is 0 Å². The molecule has 0 saturated heterocycles. The topological polar surface area (TPSA) is 17.1 Å². The van der Waals surface area contributed by atoms with Crippen molar-refractivity contribution in [2.75, 3.05) is 0 Å². The highest BCUT2D eigenvalue weighted by Gasteiger charge is 2.26. The summed E-state index contributed by atoms with van der Waals surface area (Å²) < 4.78 is 0. The molecular formula is C17H12O. The van der Waals surface area contributed by atoms with E-state index in [9.17, 15) is 4.79 Å². The van der Waals surface area contributed by atoms with E-state index in [0.717, 1.165) is 33.4 Å². The Labute approximate surface area is 106 Å². The first-order valence-electron chi connectivity index (χ1n) is 5.82. The predicted octanol–water partition coefficient (Wildman–Crippen LogP) is 4.18. The molecule has 0 aromatic heterocycles. The smallest absolute Gasteiger partial charge is 0.194 e. The lowest BCUT2D eigenvalue weighted by Crippen LogP contribution is -1.95. The van der Waals surface area contributed by atoms with Gasteiger partial charge in [-0.1, -0.05) is 49.6 Å². The molecule has 0 unspecified atom stereocenters. The molecule has 0 aliphatic heterocycles. The Bertz CT molecular complexity index is 633. The van der Waals surface area contributed by atoms with Crippen LogP contribution in [0.5, 0.6) is 0 Å². The van der Waals surface area contributed by atoms with Gasteiger partial charge < -0.3 is 0 Å². The summed E-state index contributed by atoms with van der Waals surface area (Å²) in [6.07, 6.45) is 3.51. The van der Waals surface area contributed by atoms with E-state index in [-0.39, 0.29) is 5.78 Å². The van der Waals surface area contributed by atoms with Crippen LogP contribution in [0, 0.1) is 0 Å². The van der Waals surface area contributed by atoms with Crippen LogP contribution in [0.2, 0.25) is 0 Å². The van der Waals surface area contributed by atoms with Crippen molar-refractivity contribution < 1.29 is 4.79 Å². The number of hydrogen-bond acceptors (Lipinski definition) is 1. The van der Waals surface area contributed by atoms with E-state index in [1.165, 1.54) is 0 Å². The molecule has 0 atom stereocenters. The summed E-state index contributed by atoms with van der Waals surface area (Å²) in [5.74, 6) is 0.0902. The minimum Gasteiger partial charge on any atom is -0.289 e. The second-order valence-corrected chi connectivity index (χ2v) is 4.35. The Morgan fingerprint density at radius 1 is 0.722 bits per heavy atom. The third kappa shape index (κ3) is 1.37. The maximum atomic E-state index is 12.4. The number of carbonyl (C=O) groups is 1. The van der Waals surface area contributed by atoms with Crippen LogP contribution >= 0.6 is 0 Å². The summed E-state index contributed by atoms with van der Waals surface area (Å²) in [5.41, 5.74) is 5.50. The number of benzene rings is 2. The van der Waals surface area contributed by atoms with Crippen LogP contribution in [0.4, 0.5) is 0 Å². The molecule has 0 fully saturated rings. The Morgan fingerprint density at radius 3 is 1.56 bits per heavy atom. The maximum absolute atomic E-state index is 12.4. The molecule has 0 saturated carbocycles. The monoisotopic (exact) mass is 232 g/mol. The lowest BCUT2D eigenvalue weighted by Gasteiger charge is -2.01.